The third-order valence-electron chi connectivity index (χ3n) is 2.49. The molecule has 0 aliphatic rings. The van der Waals surface area contributed by atoms with E-state index < -0.39 is 23.1 Å². The highest BCUT2D eigenvalue weighted by Gasteiger charge is 2.18. The lowest BCUT2D eigenvalue weighted by Gasteiger charge is -2.07. The maximum atomic E-state index is 13.6. The number of aromatic nitrogens is 1. The number of nitrogens with one attached hydrogen (secondary N) is 1. The molecule has 7 heteroatoms. The van der Waals surface area contributed by atoms with Crippen LogP contribution in [0.3, 0.4) is 0 Å². The van der Waals surface area contributed by atoms with Crippen LogP contribution >= 0.6 is 27.3 Å². The van der Waals surface area contributed by atoms with Crippen molar-refractivity contribution in [3.05, 3.63) is 49.9 Å². The Hall–Kier alpha value is -1.34. The molecule has 0 saturated heterocycles. The lowest BCUT2D eigenvalue weighted by molar-refractivity contribution is 0.0943. The van der Waals surface area contributed by atoms with Gasteiger partial charge in [-0.2, -0.15) is 0 Å². The number of rotatable bonds is 3. The van der Waals surface area contributed by atoms with Crippen molar-refractivity contribution in [2.24, 2.45) is 0 Å². The number of carbonyl (C=O) groups excluding carboxylic acids is 1. The number of halogens is 3. The molecule has 0 unspecified atom stereocenters. The molecule has 0 aliphatic carbocycles. The van der Waals surface area contributed by atoms with Crippen molar-refractivity contribution in [3.8, 4) is 0 Å². The summed E-state index contributed by atoms with van der Waals surface area (Å²) < 4.78 is 27.4. The van der Waals surface area contributed by atoms with Crippen molar-refractivity contribution in [2.75, 3.05) is 0 Å². The summed E-state index contributed by atoms with van der Waals surface area (Å²) in [5, 5.41) is 2.48. The van der Waals surface area contributed by atoms with E-state index in [0.29, 0.717) is 0 Å². The van der Waals surface area contributed by atoms with E-state index in [2.05, 4.69) is 26.2 Å². The van der Waals surface area contributed by atoms with Gasteiger partial charge in [-0.05, 0) is 19.1 Å². The molecule has 0 bridgehead atoms. The number of hydrogen-bond donors (Lipinski definition) is 1. The highest BCUT2D eigenvalue weighted by Crippen LogP contribution is 2.19. The Labute approximate surface area is 120 Å². The van der Waals surface area contributed by atoms with Gasteiger partial charge in [0.1, 0.15) is 17.2 Å². The molecule has 19 heavy (non-hydrogen) atoms. The van der Waals surface area contributed by atoms with Crippen LogP contribution < -0.4 is 5.32 Å². The fraction of sp³-hybridized carbons (Fsp3) is 0.167. The highest BCUT2D eigenvalue weighted by atomic mass is 79.9. The van der Waals surface area contributed by atoms with Crippen LogP contribution in [0, 0.1) is 18.6 Å². The van der Waals surface area contributed by atoms with Crippen LogP contribution in [0.1, 0.15) is 20.9 Å². The molecular weight excluding hydrogens is 338 g/mol. The van der Waals surface area contributed by atoms with Gasteiger partial charge in [-0.15, -0.1) is 11.3 Å². The summed E-state index contributed by atoms with van der Waals surface area (Å²) in [5.41, 5.74) is 1.87. The van der Waals surface area contributed by atoms with Gasteiger partial charge in [0.2, 0.25) is 0 Å². The molecule has 0 fully saturated rings. The fourth-order valence-corrected chi connectivity index (χ4v) is 2.62. The number of carbonyl (C=O) groups is 1. The molecular formula is C12H9BrF2N2OS. The van der Waals surface area contributed by atoms with Crippen molar-refractivity contribution >= 4 is 33.2 Å². The predicted octanol–water partition coefficient (Wildman–Crippen LogP) is 3.42. The first kappa shape index (κ1) is 14.1. The molecule has 1 N–H and O–H groups in total. The second-order valence-corrected chi connectivity index (χ2v) is 5.64. The Morgan fingerprint density at radius 2 is 2.05 bits per heavy atom. The van der Waals surface area contributed by atoms with E-state index in [-0.39, 0.29) is 11.0 Å². The van der Waals surface area contributed by atoms with Gasteiger partial charge in [0.25, 0.3) is 5.91 Å². The number of amides is 1. The Bertz CT molecular complexity index is 607. The van der Waals surface area contributed by atoms with Crippen molar-refractivity contribution in [3.63, 3.8) is 0 Å². The zero-order valence-electron chi connectivity index (χ0n) is 9.84. The first-order valence-corrected chi connectivity index (χ1v) is 6.98. The highest BCUT2D eigenvalue weighted by molar-refractivity contribution is 9.10. The molecule has 1 aromatic carbocycles. The van der Waals surface area contributed by atoms with E-state index in [4.69, 9.17) is 0 Å². The lowest BCUT2D eigenvalue weighted by atomic mass is 10.2. The van der Waals surface area contributed by atoms with Crippen molar-refractivity contribution < 1.29 is 13.6 Å². The molecule has 0 spiro atoms. The van der Waals surface area contributed by atoms with Gasteiger partial charge < -0.3 is 5.32 Å². The second kappa shape index (κ2) is 5.75. The van der Waals surface area contributed by atoms with Crippen LogP contribution in [-0.4, -0.2) is 10.9 Å². The average Bonchev–Trinajstić information content (AvgIpc) is 2.70. The van der Waals surface area contributed by atoms with Crippen molar-refractivity contribution in [1.29, 1.82) is 0 Å². The van der Waals surface area contributed by atoms with E-state index in [1.54, 1.807) is 12.4 Å². The van der Waals surface area contributed by atoms with Crippen LogP contribution in [0.2, 0.25) is 0 Å². The Balaban J connectivity index is 2.15. The molecule has 0 radical (unpaired) electrons. The molecule has 0 aliphatic heterocycles. The molecule has 0 atom stereocenters. The molecule has 100 valence electrons. The van der Waals surface area contributed by atoms with E-state index in [1.165, 1.54) is 11.3 Å². The first-order chi connectivity index (χ1) is 8.99. The minimum atomic E-state index is -0.898. The lowest BCUT2D eigenvalue weighted by Crippen LogP contribution is -2.25. The molecule has 2 rings (SSSR count). The summed E-state index contributed by atoms with van der Waals surface area (Å²) in [4.78, 5) is 16.7. The standard InChI is InChI=1S/C12H9BrF2N2OS/c1-6-10(19-5-17-6)4-16-12(18)11-8(14)2-7(13)3-9(11)15/h2-3,5H,4H2,1H3,(H,16,18). The Morgan fingerprint density at radius 3 is 2.58 bits per heavy atom. The average molecular weight is 347 g/mol. The molecule has 2 aromatic rings. The van der Waals surface area contributed by atoms with E-state index in [9.17, 15) is 13.6 Å². The number of nitrogens with zero attached hydrogens (tertiary/aromatic N) is 1. The van der Waals surface area contributed by atoms with Crippen LogP contribution in [0.4, 0.5) is 8.78 Å². The van der Waals surface area contributed by atoms with Gasteiger partial charge in [-0.25, -0.2) is 13.8 Å². The fourth-order valence-electron chi connectivity index (χ4n) is 1.50. The molecule has 1 amide bonds. The summed E-state index contributed by atoms with van der Waals surface area (Å²) in [6.45, 7) is 2.00. The minimum Gasteiger partial charge on any atom is -0.347 e. The number of thiazole rings is 1. The SMILES string of the molecule is Cc1ncsc1CNC(=O)c1c(F)cc(Br)cc1F. The molecule has 1 heterocycles. The zero-order chi connectivity index (χ0) is 14.0. The topological polar surface area (TPSA) is 42.0 Å². The van der Waals surface area contributed by atoms with E-state index in [0.717, 1.165) is 22.7 Å². The molecule has 3 nitrogen and oxygen atoms in total. The molecule has 1 aromatic heterocycles. The Kier molecular flexibility index (Phi) is 4.26. The van der Waals surface area contributed by atoms with E-state index >= 15 is 0 Å². The summed E-state index contributed by atoms with van der Waals surface area (Å²) in [6, 6.07) is 2.10. The summed E-state index contributed by atoms with van der Waals surface area (Å²) >= 11 is 4.33. The summed E-state index contributed by atoms with van der Waals surface area (Å²) in [6.07, 6.45) is 0. The molecule has 0 saturated carbocycles. The van der Waals surface area contributed by atoms with Gasteiger partial charge >= 0.3 is 0 Å². The normalized spacial score (nSPS) is 10.5. The third kappa shape index (κ3) is 3.16. The quantitative estimate of drug-likeness (QED) is 0.925. The predicted molar refractivity (Wildman–Crippen MR) is 72.1 cm³/mol. The number of aryl methyl sites for hydroxylation is 1. The van der Waals surface area contributed by atoms with Gasteiger partial charge in [-0.3, -0.25) is 4.79 Å². The Morgan fingerprint density at radius 1 is 1.42 bits per heavy atom. The van der Waals surface area contributed by atoms with Crippen LogP contribution in [0.15, 0.2) is 22.1 Å². The summed E-state index contributed by atoms with van der Waals surface area (Å²) in [5.74, 6) is -2.58. The van der Waals surface area contributed by atoms with Crippen molar-refractivity contribution in [1.82, 2.24) is 10.3 Å². The van der Waals surface area contributed by atoms with Gasteiger partial charge in [0, 0.05) is 9.35 Å². The van der Waals surface area contributed by atoms with Gasteiger partial charge in [0.15, 0.2) is 0 Å². The number of hydrogen-bond acceptors (Lipinski definition) is 3. The minimum absolute atomic E-state index is 0.199. The maximum absolute atomic E-state index is 13.6. The van der Waals surface area contributed by atoms with Gasteiger partial charge in [-0.1, -0.05) is 15.9 Å². The second-order valence-electron chi connectivity index (χ2n) is 3.79. The van der Waals surface area contributed by atoms with Crippen LogP contribution in [0.25, 0.3) is 0 Å². The van der Waals surface area contributed by atoms with Gasteiger partial charge in [0.05, 0.1) is 17.7 Å². The van der Waals surface area contributed by atoms with Crippen LogP contribution in [-0.2, 0) is 6.54 Å². The summed E-state index contributed by atoms with van der Waals surface area (Å²) in [7, 11) is 0. The smallest absolute Gasteiger partial charge is 0.257 e. The number of benzene rings is 1. The largest absolute Gasteiger partial charge is 0.347 e. The van der Waals surface area contributed by atoms with Crippen molar-refractivity contribution in [2.45, 2.75) is 13.5 Å². The first-order valence-electron chi connectivity index (χ1n) is 5.30. The zero-order valence-corrected chi connectivity index (χ0v) is 12.2. The third-order valence-corrected chi connectivity index (χ3v) is 3.88. The monoisotopic (exact) mass is 346 g/mol. The van der Waals surface area contributed by atoms with Crippen LogP contribution in [0.5, 0.6) is 0 Å². The van der Waals surface area contributed by atoms with E-state index in [1.807, 2.05) is 0 Å². The maximum Gasteiger partial charge on any atom is 0.257 e.